The third-order valence-electron chi connectivity index (χ3n) is 2.99. The number of anilines is 1. The van der Waals surface area contributed by atoms with E-state index in [-0.39, 0.29) is 12.5 Å². The quantitative estimate of drug-likeness (QED) is 0.798. The van der Waals surface area contributed by atoms with Crippen molar-refractivity contribution >= 4 is 11.6 Å². The van der Waals surface area contributed by atoms with E-state index >= 15 is 0 Å². The summed E-state index contributed by atoms with van der Waals surface area (Å²) in [5, 5.41) is 11.6. The van der Waals surface area contributed by atoms with Gasteiger partial charge in [0.15, 0.2) is 0 Å². The van der Waals surface area contributed by atoms with Crippen LogP contribution < -0.4 is 5.32 Å². The molecule has 1 fully saturated rings. The summed E-state index contributed by atoms with van der Waals surface area (Å²) in [4.78, 5) is 11.8. The zero-order chi connectivity index (χ0) is 13.0. The van der Waals surface area contributed by atoms with Crippen LogP contribution in [-0.4, -0.2) is 17.6 Å². The number of aliphatic hydroxyl groups is 1. The molecule has 0 radical (unpaired) electrons. The molecule has 0 aliphatic heterocycles. The van der Waals surface area contributed by atoms with Gasteiger partial charge in [-0.25, -0.2) is 0 Å². The van der Waals surface area contributed by atoms with Crippen molar-refractivity contribution in [1.82, 2.24) is 0 Å². The normalized spacial score (nSPS) is 13.7. The van der Waals surface area contributed by atoms with Crippen LogP contribution in [-0.2, 0) is 4.79 Å². The standard InChI is InChI=1S/C15H17NO2/c1-11-4-5-12(3-2-8-17)9-14(11)16-15(18)10-13-6-7-13/h4-5,9,13,17H,6-8,10H2,1H3,(H,16,18). The number of nitrogens with one attached hydrogen (secondary N) is 1. The van der Waals surface area contributed by atoms with E-state index in [1.165, 1.54) is 12.8 Å². The summed E-state index contributed by atoms with van der Waals surface area (Å²) < 4.78 is 0. The fourth-order valence-electron chi connectivity index (χ4n) is 1.76. The highest BCUT2D eigenvalue weighted by molar-refractivity contribution is 5.92. The lowest BCUT2D eigenvalue weighted by Gasteiger charge is -2.08. The number of aryl methyl sites for hydroxylation is 1. The summed E-state index contributed by atoms with van der Waals surface area (Å²) >= 11 is 0. The summed E-state index contributed by atoms with van der Waals surface area (Å²) in [7, 11) is 0. The van der Waals surface area contributed by atoms with Crippen LogP contribution in [0.3, 0.4) is 0 Å². The van der Waals surface area contributed by atoms with Gasteiger partial charge in [-0.3, -0.25) is 4.79 Å². The number of carbonyl (C=O) groups is 1. The zero-order valence-corrected chi connectivity index (χ0v) is 10.5. The van der Waals surface area contributed by atoms with E-state index in [4.69, 9.17) is 5.11 Å². The maximum absolute atomic E-state index is 11.8. The lowest BCUT2D eigenvalue weighted by Crippen LogP contribution is -2.12. The number of carbonyl (C=O) groups excluding carboxylic acids is 1. The number of benzene rings is 1. The molecule has 1 amide bonds. The molecule has 0 bridgehead atoms. The van der Waals surface area contributed by atoms with Crippen LogP contribution in [0.5, 0.6) is 0 Å². The lowest BCUT2D eigenvalue weighted by atomic mass is 10.1. The van der Waals surface area contributed by atoms with Crippen molar-refractivity contribution in [3.05, 3.63) is 29.3 Å². The minimum Gasteiger partial charge on any atom is -0.384 e. The molecule has 3 heteroatoms. The Bertz CT molecular complexity index is 507. The minimum absolute atomic E-state index is 0.0767. The number of aliphatic hydroxyl groups excluding tert-OH is 1. The van der Waals surface area contributed by atoms with Crippen molar-refractivity contribution in [2.45, 2.75) is 26.2 Å². The van der Waals surface area contributed by atoms with Gasteiger partial charge in [-0.2, -0.15) is 0 Å². The second kappa shape index (κ2) is 5.70. The van der Waals surface area contributed by atoms with Gasteiger partial charge in [0.05, 0.1) is 0 Å². The highest BCUT2D eigenvalue weighted by Gasteiger charge is 2.24. The van der Waals surface area contributed by atoms with Crippen LogP contribution in [0.1, 0.15) is 30.4 Å². The number of hydrogen-bond donors (Lipinski definition) is 2. The topological polar surface area (TPSA) is 49.3 Å². The van der Waals surface area contributed by atoms with Crippen LogP contribution in [0.15, 0.2) is 18.2 Å². The van der Waals surface area contributed by atoms with Crippen LogP contribution in [0.2, 0.25) is 0 Å². The molecule has 2 N–H and O–H groups in total. The molecule has 1 saturated carbocycles. The molecule has 0 unspecified atom stereocenters. The SMILES string of the molecule is Cc1ccc(C#CCO)cc1NC(=O)CC1CC1. The van der Waals surface area contributed by atoms with E-state index in [9.17, 15) is 4.79 Å². The van der Waals surface area contributed by atoms with Gasteiger partial charge in [-0.05, 0) is 43.4 Å². The summed E-state index contributed by atoms with van der Waals surface area (Å²) in [6.45, 7) is 1.80. The van der Waals surface area contributed by atoms with Crippen molar-refractivity contribution in [2.75, 3.05) is 11.9 Å². The molecule has 1 aromatic carbocycles. The van der Waals surface area contributed by atoms with Crippen molar-refractivity contribution in [3.63, 3.8) is 0 Å². The molecule has 94 valence electrons. The maximum atomic E-state index is 11.8. The zero-order valence-electron chi connectivity index (χ0n) is 10.5. The summed E-state index contributed by atoms with van der Waals surface area (Å²) in [6.07, 6.45) is 2.97. The van der Waals surface area contributed by atoms with Gasteiger partial charge in [-0.15, -0.1) is 0 Å². The largest absolute Gasteiger partial charge is 0.384 e. The van der Waals surface area contributed by atoms with Gasteiger partial charge >= 0.3 is 0 Å². The first-order valence-electron chi connectivity index (χ1n) is 6.19. The molecule has 1 aromatic rings. The first-order valence-corrected chi connectivity index (χ1v) is 6.19. The van der Waals surface area contributed by atoms with Crippen molar-refractivity contribution in [1.29, 1.82) is 0 Å². The predicted octanol–water partition coefficient (Wildman–Crippen LogP) is 2.08. The molecular weight excluding hydrogens is 226 g/mol. The smallest absolute Gasteiger partial charge is 0.224 e. The molecular formula is C15H17NO2. The van der Waals surface area contributed by atoms with E-state index in [1.54, 1.807) is 0 Å². The van der Waals surface area contributed by atoms with E-state index in [2.05, 4.69) is 17.2 Å². The Hall–Kier alpha value is -1.79. The van der Waals surface area contributed by atoms with Crippen LogP contribution in [0, 0.1) is 24.7 Å². The number of hydrogen-bond acceptors (Lipinski definition) is 2. The first kappa shape index (κ1) is 12.7. The van der Waals surface area contributed by atoms with E-state index < -0.39 is 0 Å². The summed E-state index contributed by atoms with van der Waals surface area (Å²) in [5.41, 5.74) is 2.63. The van der Waals surface area contributed by atoms with Crippen molar-refractivity contribution in [3.8, 4) is 11.8 Å². The third-order valence-corrected chi connectivity index (χ3v) is 2.99. The lowest BCUT2D eigenvalue weighted by molar-refractivity contribution is -0.116. The maximum Gasteiger partial charge on any atom is 0.224 e. The van der Waals surface area contributed by atoms with Gasteiger partial charge in [0, 0.05) is 17.7 Å². The molecule has 1 aliphatic rings. The summed E-state index contributed by atoms with van der Waals surface area (Å²) in [5.74, 6) is 6.10. The van der Waals surface area contributed by atoms with Crippen molar-refractivity contribution < 1.29 is 9.90 Å². The van der Waals surface area contributed by atoms with E-state index in [0.717, 1.165) is 16.8 Å². The molecule has 18 heavy (non-hydrogen) atoms. The molecule has 0 atom stereocenters. The number of rotatable bonds is 3. The third kappa shape index (κ3) is 3.61. The van der Waals surface area contributed by atoms with E-state index in [0.29, 0.717) is 12.3 Å². The van der Waals surface area contributed by atoms with Gasteiger partial charge < -0.3 is 10.4 Å². The monoisotopic (exact) mass is 243 g/mol. The molecule has 0 heterocycles. The highest BCUT2D eigenvalue weighted by Crippen LogP contribution is 2.32. The van der Waals surface area contributed by atoms with Gasteiger partial charge in [0.25, 0.3) is 0 Å². The molecule has 2 rings (SSSR count). The average molecular weight is 243 g/mol. The Morgan fingerprint density at radius 1 is 1.50 bits per heavy atom. The Kier molecular flexibility index (Phi) is 4.01. The average Bonchev–Trinajstić information content (AvgIpc) is 3.14. The molecule has 0 spiro atoms. The van der Waals surface area contributed by atoms with Crippen molar-refractivity contribution in [2.24, 2.45) is 5.92 Å². The van der Waals surface area contributed by atoms with Gasteiger partial charge in [-0.1, -0.05) is 17.9 Å². The molecule has 1 aliphatic carbocycles. The Morgan fingerprint density at radius 2 is 2.28 bits per heavy atom. The van der Waals surface area contributed by atoms with E-state index in [1.807, 2.05) is 25.1 Å². The fraction of sp³-hybridized carbons (Fsp3) is 0.400. The van der Waals surface area contributed by atoms with Crippen LogP contribution >= 0.6 is 0 Å². The second-order valence-corrected chi connectivity index (χ2v) is 4.69. The van der Waals surface area contributed by atoms with Gasteiger partial charge in [0.1, 0.15) is 6.61 Å². The second-order valence-electron chi connectivity index (χ2n) is 4.69. The molecule has 3 nitrogen and oxygen atoms in total. The van der Waals surface area contributed by atoms with Gasteiger partial charge in [0.2, 0.25) is 5.91 Å². The Labute approximate surface area is 107 Å². The number of amides is 1. The summed E-state index contributed by atoms with van der Waals surface area (Å²) in [6, 6.07) is 5.66. The first-order chi connectivity index (χ1) is 8.69. The predicted molar refractivity (Wildman–Crippen MR) is 71.1 cm³/mol. The Balaban J connectivity index is 2.07. The molecule has 0 saturated heterocycles. The van der Waals surface area contributed by atoms with Crippen LogP contribution in [0.25, 0.3) is 0 Å². The fourth-order valence-corrected chi connectivity index (χ4v) is 1.76. The van der Waals surface area contributed by atoms with Crippen LogP contribution in [0.4, 0.5) is 5.69 Å². The Morgan fingerprint density at radius 3 is 2.94 bits per heavy atom. The molecule has 0 aromatic heterocycles. The minimum atomic E-state index is -0.156. The highest BCUT2D eigenvalue weighted by atomic mass is 16.2.